The Morgan fingerprint density at radius 1 is 1.07 bits per heavy atom. The number of ether oxygens (including phenoxy) is 1. The number of fused-ring (bicyclic) bond motifs is 1. The molecule has 1 amide bonds. The Bertz CT molecular complexity index is 1080. The summed E-state index contributed by atoms with van der Waals surface area (Å²) in [6.07, 6.45) is 3.19. The van der Waals surface area contributed by atoms with Crippen LogP contribution in [0.25, 0.3) is 0 Å². The van der Waals surface area contributed by atoms with E-state index in [4.69, 9.17) is 4.74 Å². The van der Waals surface area contributed by atoms with Crippen molar-refractivity contribution in [3.05, 3.63) is 78.0 Å². The molecule has 7 heteroatoms. The molecule has 3 aliphatic rings. The van der Waals surface area contributed by atoms with Crippen LogP contribution in [0.15, 0.2) is 71.8 Å². The zero-order chi connectivity index (χ0) is 20.2. The molecule has 2 heterocycles. The fraction of sp³-hybridized carbons (Fsp3) is 0.318. The summed E-state index contributed by atoms with van der Waals surface area (Å²) in [5.74, 6) is 0.0320. The standard InChI is InChI=1S/C22H22N2O4S/c1-16-7-9-18(10-8-16)29(26,27)23-12-11-22(24-13-14-28-21(24)25)19(15-23)20(22)17-5-3-2-4-6-17/h2-12,19-20H,13-15H2,1H3/t19-,20-,22+/m1/s1. The highest BCUT2D eigenvalue weighted by molar-refractivity contribution is 7.89. The number of aryl methyl sites for hydroxylation is 1. The van der Waals surface area contributed by atoms with Crippen LogP contribution in [0.2, 0.25) is 0 Å². The van der Waals surface area contributed by atoms with Crippen molar-refractivity contribution < 1.29 is 17.9 Å². The van der Waals surface area contributed by atoms with E-state index < -0.39 is 15.6 Å². The largest absolute Gasteiger partial charge is 0.448 e. The first kappa shape index (κ1) is 18.2. The second-order valence-electron chi connectivity index (χ2n) is 7.85. The highest BCUT2D eigenvalue weighted by Gasteiger charge is 2.70. The van der Waals surface area contributed by atoms with Crippen LogP contribution in [-0.2, 0) is 14.8 Å². The van der Waals surface area contributed by atoms with Crippen LogP contribution in [-0.4, -0.2) is 49.0 Å². The van der Waals surface area contributed by atoms with E-state index in [9.17, 15) is 13.2 Å². The maximum absolute atomic E-state index is 13.2. The Morgan fingerprint density at radius 2 is 1.79 bits per heavy atom. The lowest BCUT2D eigenvalue weighted by Gasteiger charge is -2.31. The van der Waals surface area contributed by atoms with Gasteiger partial charge in [0.05, 0.1) is 17.0 Å². The lowest BCUT2D eigenvalue weighted by molar-refractivity contribution is 0.146. The Labute approximate surface area is 170 Å². The number of sulfonamides is 1. The highest BCUT2D eigenvalue weighted by Crippen LogP contribution is 2.64. The summed E-state index contributed by atoms with van der Waals surface area (Å²) in [4.78, 5) is 14.4. The number of hydrogen-bond acceptors (Lipinski definition) is 4. The molecule has 6 nitrogen and oxygen atoms in total. The summed E-state index contributed by atoms with van der Waals surface area (Å²) in [5.41, 5.74) is 1.60. The Balaban J connectivity index is 1.51. The zero-order valence-corrected chi connectivity index (χ0v) is 16.9. The van der Waals surface area contributed by atoms with Gasteiger partial charge < -0.3 is 4.74 Å². The lowest BCUT2D eigenvalue weighted by atomic mass is 10.0. The smallest absolute Gasteiger partial charge is 0.410 e. The third kappa shape index (κ3) is 2.68. The molecule has 29 heavy (non-hydrogen) atoms. The van der Waals surface area contributed by atoms with Gasteiger partial charge in [-0.1, -0.05) is 48.0 Å². The summed E-state index contributed by atoms with van der Waals surface area (Å²) in [6.45, 7) is 3.15. The number of carbonyl (C=O) groups is 1. The number of amides is 1. The summed E-state index contributed by atoms with van der Waals surface area (Å²) >= 11 is 0. The van der Waals surface area contributed by atoms with Gasteiger partial charge in [0.25, 0.3) is 10.0 Å². The van der Waals surface area contributed by atoms with Gasteiger partial charge in [-0.2, -0.15) is 0 Å². The first-order valence-electron chi connectivity index (χ1n) is 9.72. The second kappa shape index (κ2) is 6.35. The van der Waals surface area contributed by atoms with Crippen LogP contribution in [0.4, 0.5) is 4.79 Å². The molecule has 0 unspecified atom stereocenters. The van der Waals surface area contributed by atoms with E-state index in [-0.39, 0.29) is 22.8 Å². The van der Waals surface area contributed by atoms with Crippen LogP contribution >= 0.6 is 0 Å². The van der Waals surface area contributed by atoms with Gasteiger partial charge in [-0.05, 0) is 30.7 Å². The molecule has 0 aromatic heterocycles. The summed E-state index contributed by atoms with van der Waals surface area (Å²) < 4.78 is 32.9. The van der Waals surface area contributed by atoms with E-state index in [0.717, 1.165) is 11.1 Å². The molecule has 1 saturated carbocycles. The van der Waals surface area contributed by atoms with Gasteiger partial charge >= 0.3 is 6.09 Å². The number of carbonyl (C=O) groups excluding carboxylic acids is 1. The number of nitrogens with zero attached hydrogens (tertiary/aromatic N) is 2. The van der Waals surface area contributed by atoms with Crippen molar-refractivity contribution in [2.75, 3.05) is 19.7 Å². The first-order valence-corrected chi connectivity index (χ1v) is 11.2. The van der Waals surface area contributed by atoms with Crippen molar-refractivity contribution in [3.8, 4) is 0 Å². The monoisotopic (exact) mass is 410 g/mol. The van der Waals surface area contributed by atoms with Gasteiger partial charge in [0.1, 0.15) is 6.61 Å². The van der Waals surface area contributed by atoms with Gasteiger partial charge in [0, 0.05) is 24.6 Å². The van der Waals surface area contributed by atoms with Crippen molar-refractivity contribution in [2.45, 2.75) is 23.3 Å². The van der Waals surface area contributed by atoms with E-state index in [1.165, 1.54) is 4.31 Å². The van der Waals surface area contributed by atoms with E-state index in [1.54, 1.807) is 35.4 Å². The van der Waals surface area contributed by atoms with Gasteiger partial charge in [0.15, 0.2) is 0 Å². The van der Waals surface area contributed by atoms with Crippen molar-refractivity contribution in [1.29, 1.82) is 0 Å². The maximum Gasteiger partial charge on any atom is 0.410 e. The van der Waals surface area contributed by atoms with Gasteiger partial charge in [0.2, 0.25) is 0 Å². The van der Waals surface area contributed by atoms with Crippen molar-refractivity contribution in [3.63, 3.8) is 0 Å². The van der Waals surface area contributed by atoms with Crippen molar-refractivity contribution in [1.82, 2.24) is 9.21 Å². The molecule has 5 rings (SSSR count). The molecule has 0 N–H and O–H groups in total. The summed E-state index contributed by atoms with van der Waals surface area (Å²) in [6, 6.07) is 16.9. The molecule has 2 aromatic rings. The Hall–Kier alpha value is -2.80. The molecule has 3 atom stereocenters. The normalized spacial score (nSPS) is 28.2. The van der Waals surface area contributed by atoms with Gasteiger partial charge in [-0.25, -0.2) is 13.2 Å². The molecule has 2 fully saturated rings. The third-order valence-electron chi connectivity index (χ3n) is 6.28. The molecule has 1 aliphatic carbocycles. The number of benzene rings is 2. The fourth-order valence-electron chi connectivity index (χ4n) is 4.79. The van der Waals surface area contributed by atoms with Crippen LogP contribution < -0.4 is 0 Å². The number of rotatable bonds is 4. The molecule has 0 spiro atoms. The molecule has 0 radical (unpaired) electrons. The molecule has 2 aliphatic heterocycles. The third-order valence-corrected chi connectivity index (χ3v) is 8.04. The van der Waals surface area contributed by atoms with E-state index in [2.05, 4.69) is 0 Å². The van der Waals surface area contributed by atoms with Gasteiger partial charge in [-0.15, -0.1) is 0 Å². The van der Waals surface area contributed by atoms with Gasteiger partial charge in [-0.3, -0.25) is 9.21 Å². The SMILES string of the molecule is Cc1ccc(S(=O)(=O)N2C=C[C@]3(N4CCOC4=O)[C@H](C2)[C@H]3c2ccccc2)cc1. The first-order chi connectivity index (χ1) is 13.9. The second-order valence-corrected chi connectivity index (χ2v) is 9.74. The molecule has 2 aromatic carbocycles. The quantitative estimate of drug-likeness (QED) is 0.777. The van der Waals surface area contributed by atoms with Crippen LogP contribution in [0.3, 0.4) is 0 Å². The van der Waals surface area contributed by atoms with Crippen LogP contribution in [0, 0.1) is 12.8 Å². The average molecular weight is 410 g/mol. The minimum Gasteiger partial charge on any atom is -0.448 e. The number of cyclic esters (lactones) is 1. The molecule has 150 valence electrons. The number of hydrogen-bond donors (Lipinski definition) is 0. The predicted molar refractivity (Wildman–Crippen MR) is 108 cm³/mol. The van der Waals surface area contributed by atoms with E-state index in [1.807, 2.05) is 43.3 Å². The predicted octanol–water partition coefficient (Wildman–Crippen LogP) is 3.12. The Morgan fingerprint density at radius 3 is 2.45 bits per heavy atom. The maximum atomic E-state index is 13.2. The molecule has 0 bridgehead atoms. The van der Waals surface area contributed by atoms with Crippen LogP contribution in [0.5, 0.6) is 0 Å². The lowest BCUT2D eigenvalue weighted by Crippen LogP contribution is -2.44. The topological polar surface area (TPSA) is 66.9 Å². The highest BCUT2D eigenvalue weighted by atomic mass is 32.2. The molecular formula is C22H22N2O4S. The Kier molecular flexibility index (Phi) is 4.00. The zero-order valence-electron chi connectivity index (χ0n) is 16.1. The summed E-state index contributed by atoms with van der Waals surface area (Å²) in [7, 11) is -3.64. The summed E-state index contributed by atoms with van der Waals surface area (Å²) in [5, 5.41) is 0. The van der Waals surface area contributed by atoms with Crippen molar-refractivity contribution >= 4 is 16.1 Å². The van der Waals surface area contributed by atoms with Crippen molar-refractivity contribution in [2.24, 2.45) is 5.92 Å². The molecule has 1 saturated heterocycles. The minimum absolute atomic E-state index is 0.0132. The van der Waals surface area contributed by atoms with Crippen LogP contribution in [0.1, 0.15) is 17.0 Å². The fourth-order valence-corrected chi connectivity index (χ4v) is 6.12. The molecular weight excluding hydrogens is 388 g/mol. The minimum atomic E-state index is -3.64. The van der Waals surface area contributed by atoms with E-state index >= 15 is 0 Å². The van der Waals surface area contributed by atoms with E-state index in [0.29, 0.717) is 19.7 Å². The average Bonchev–Trinajstić information content (AvgIpc) is 3.21.